The number of nitrogens with two attached hydrogens (primary N) is 1. The van der Waals surface area contributed by atoms with E-state index in [1.165, 1.54) is 0 Å². The molecule has 0 amide bonds. The molecule has 1 aromatic heterocycles. The molecule has 1 aromatic carbocycles. The quantitative estimate of drug-likeness (QED) is 0.819. The van der Waals surface area contributed by atoms with Gasteiger partial charge in [-0.15, -0.1) is 0 Å². The number of nitrogens with one attached hydrogen (secondary N) is 1. The molecule has 0 aliphatic carbocycles. The van der Waals surface area contributed by atoms with Gasteiger partial charge >= 0.3 is 0 Å². The Kier molecular flexibility index (Phi) is 3.65. The molecule has 2 rings (SSSR count). The molecule has 3 heteroatoms. The van der Waals surface area contributed by atoms with Crippen LogP contribution in [0.2, 0.25) is 0 Å². The van der Waals surface area contributed by atoms with Gasteiger partial charge in [0, 0.05) is 34.4 Å². The first-order valence-corrected chi connectivity index (χ1v) is 6.86. The molecule has 0 unspecified atom stereocenters. The van der Waals surface area contributed by atoms with Gasteiger partial charge in [-0.2, -0.15) is 0 Å². The molecule has 3 nitrogen and oxygen atoms in total. The Morgan fingerprint density at radius 1 is 1.21 bits per heavy atom. The van der Waals surface area contributed by atoms with Gasteiger partial charge in [0.15, 0.2) is 0 Å². The van der Waals surface area contributed by atoms with Crippen LogP contribution in [-0.2, 0) is 5.41 Å². The van der Waals surface area contributed by atoms with E-state index in [1.807, 2.05) is 18.2 Å². The predicted octanol–water partition coefficient (Wildman–Crippen LogP) is 3.94. The second-order valence-corrected chi connectivity index (χ2v) is 6.01. The fraction of sp³-hybridized carbons (Fsp3) is 0.438. The average molecular weight is 257 g/mol. The van der Waals surface area contributed by atoms with Gasteiger partial charge in [0.05, 0.1) is 5.52 Å². The highest BCUT2D eigenvalue weighted by Gasteiger charge is 2.17. The Balaban J connectivity index is 2.62. The normalized spacial score (nSPS) is 11.8. The zero-order valence-corrected chi connectivity index (χ0v) is 12.2. The van der Waals surface area contributed by atoms with Crippen molar-refractivity contribution in [1.82, 2.24) is 4.98 Å². The Hall–Kier alpha value is -1.77. The minimum absolute atomic E-state index is 0.0399. The second kappa shape index (κ2) is 5.08. The number of aromatic nitrogens is 1. The molecule has 102 valence electrons. The molecular weight excluding hydrogens is 234 g/mol. The zero-order chi connectivity index (χ0) is 14.0. The van der Waals surface area contributed by atoms with E-state index in [0.29, 0.717) is 0 Å². The van der Waals surface area contributed by atoms with E-state index < -0.39 is 0 Å². The number of pyridine rings is 1. The zero-order valence-electron chi connectivity index (χ0n) is 12.2. The molecular formula is C16H23N3. The highest BCUT2D eigenvalue weighted by molar-refractivity contribution is 5.93. The maximum atomic E-state index is 5.89. The summed E-state index contributed by atoms with van der Waals surface area (Å²) in [5.74, 6) is 0. The summed E-state index contributed by atoms with van der Waals surface area (Å²) in [5.41, 5.74) is 9.93. The molecule has 0 fully saturated rings. The van der Waals surface area contributed by atoms with Crippen molar-refractivity contribution in [3.05, 3.63) is 30.0 Å². The summed E-state index contributed by atoms with van der Waals surface area (Å²) in [7, 11) is 0. The monoisotopic (exact) mass is 257 g/mol. The van der Waals surface area contributed by atoms with Crippen molar-refractivity contribution < 1.29 is 0 Å². The Bertz CT molecular complexity index is 582. The SMILES string of the molecule is CCCNc1cc(C(C)(C)C)nc2ccc(N)cc12. The average Bonchev–Trinajstić information content (AvgIpc) is 2.34. The van der Waals surface area contributed by atoms with Crippen LogP contribution < -0.4 is 11.1 Å². The van der Waals surface area contributed by atoms with Crippen molar-refractivity contribution in [3.8, 4) is 0 Å². The molecule has 0 radical (unpaired) electrons. The summed E-state index contributed by atoms with van der Waals surface area (Å²) in [6.07, 6.45) is 1.09. The van der Waals surface area contributed by atoms with Gasteiger partial charge in [0.25, 0.3) is 0 Å². The fourth-order valence-corrected chi connectivity index (χ4v) is 2.03. The summed E-state index contributed by atoms with van der Waals surface area (Å²) >= 11 is 0. The van der Waals surface area contributed by atoms with E-state index in [-0.39, 0.29) is 5.41 Å². The number of anilines is 2. The molecule has 0 saturated heterocycles. The van der Waals surface area contributed by atoms with E-state index in [1.54, 1.807) is 0 Å². The van der Waals surface area contributed by atoms with Crippen LogP contribution in [0.5, 0.6) is 0 Å². The maximum absolute atomic E-state index is 5.89. The summed E-state index contributed by atoms with van der Waals surface area (Å²) in [6.45, 7) is 9.67. The Morgan fingerprint density at radius 3 is 2.58 bits per heavy atom. The smallest absolute Gasteiger partial charge is 0.0727 e. The van der Waals surface area contributed by atoms with Crippen LogP contribution in [0, 0.1) is 0 Å². The number of rotatable bonds is 3. The molecule has 0 bridgehead atoms. The lowest BCUT2D eigenvalue weighted by molar-refractivity contribution is 0.572. The van der Waals surface area contributed by atoms with E-state index >= 15 is 0 Å². The summed E-state index contributed by atoms with van der Waals surface area (Å²) in [5, 5.41) is 4.58. The molecule has 19 heavy (non-hydrogen) atoms. The van der Waals surface area contributed by atoms with Crippen LogP contribution >= 0.6 is 0 Å². The summed E-state index contributed by atoms with van der Waals surface area (Å²) in [6, 6.07) is 8.05. The van der Waals surface area contributed by atoms with Gasteiger partial charge in [-0.05, 0) is 30.7 Å². The van der Waals surface area contributed by atoms with Crippen molar-refractivity contribution in [2.45, 2.75) is 39.5 Å². The highest BCUT2D eigenvalue weighted by atomic mass is 14.9. The number of hydrogen-bond acceptors (Lipinski definition) is 3. The van der Waals surface area contributed by atoms with Gasteiger partial charge in [0.2, 0.25) is 0 Å². The van der Waals surface area contributed by atoms with E-state index in [4.69, 9.17) is 10.7 Å². The minimum atomic E-state index is 0.0399. The van der Waals surface area contributed by atoms with Gasteiger partial charge in [-0.1, -0.05) is 27.7 Å². The van der Waals surface area contributed by atoms with Gasteiger partial charge in [-0.3, -0.25) is 4.98 Å². The third-order valence-corrected chi connectivity index (χ3v) is 3.17. The number of benzene rings is 1. The number of fused-ring (bicyclic) bond motifs is 1. The summed E-state index contributed by atoms with van der Waals surface area (Å²) in [4.78, 5) is 4.76. The topological polar surface area (TPSA) is 50.9 Å². The molecule has 1 heterocycles. The van der Waals surface area contributed by atoms with Gasteiger partial charge in [-0.25, -0.2) is 0 Å². The fourth-order valence-electron chi connectivity index (χ4n) is 2.03. The lowest BCUT2D eigenvalue weighted by Crippen LogP contribution is -2.14. The molecule has 3 N–H and O–H groups in total. The van der Waals surface area contributed by atoms with Gasteiger partial charge < -0.3 is 11.1 Å². The first-order chi connectivity index (χ1) is 8.91. The molecule has 2 aromatic rings. The second-order valence-electron chi connectivity index (χ2n) is 6.01. The lowest BCUT2D eigenvalue weighted by Gasteiger charge is -2.20. The van der Waals surface area contributed by atoms with Crippen molar-refractivity contribution in [2.75, 3.05) is 17.6 Å². The number of hydrogen-bond donors (Lipinski definition) is 2. The van der Waals surface area contributed by atoms with Crippen LogP contribution in [0.15, 0.2) is 24.3 Å². The van der Waals surface area contributed by atoms with E-state index in [9.17, 15) is 0 Å². The van der Waals surface area contributed by atoms with Crippen molar-refractivity contribution in [2.24, 2.45) is 0 Å². The molecule has 0 aliphatic heterocycles. The van der Waals surface area contributed by atoms with E-state index in [0.717, 1.165) is 40.9 Å². The van der Waals surface area contributed by atoms with Crippen LogP contribution in [-0.4, -0.2) is 11.5 Å². The first-order valence-electron chi connectivity index (χ1n) is 6.86. The molecule has 0 aliphatic rings. The summed E-state index contributed by atoms with van der Waals surface area (Å²) < 4.78 is 0. The first kappa shape index (κ1) is 13.7. The highest BCUT2D eigenvalue weighted by Crippen LogP contribution is 2.30. The molecule has 0 atom stereocenters. The maximum Gasteiger partial charge on any atom is 0.0727 e. The van der Waals surface area contributed by atoms with Crippen molar-refractivity contribution in [3.63, 3.8) is 0 Å². The third kappa shape index (κ3) is 2.98. The number of nitrogen functional groups attached to an aromatic ring is 1. The Labute approximate surface area is 115 Å². The van der Waals surface area contributed by atoms with Crippen LogP contribution in [0.1, 0.15) is 39.8 Å². The minimum Gasteiger partial charge on any atom is -0.399 e. The molecule has 0 saturated carbocycles. The third-order valence-electron chi connectivity index (χ3n) is 3.17. The van der Waals surface area contributed by atoms with Gasteiger partial charge in [0.1, 0.15) is 0 Å². The molecule has 0 spiro atoms. The van der Waals surface area contributed by atoms with E-state index in [2.05, 4.69) is 39.1 Å². The largest absolute Gasteiger partial charge is 0.399 e. The van der Waals surface area contributed by atoms with Crippen LogP contribution in [0.4, 0.5) is 11.4 Å². The van der Waals surface area contributed by atoms with Crippen molar-refractivity contribution >= 4 is 22.3 Å². The Morgan fingerprint density at radius 2 is 1.95 bits per heavy atom. The lowest BCUT2D eigenvalue weighted by atomic mass is 9.90. The number of nitrogens with zero attached hydrogens (tertiary/aromatic N) is 1. The van der Waals surface area contributed by atoms with Crippen LogP contribution in [0.25, 0.3) is 10.9 Å². The van der Waals surface area contributed by atoms with Crippen molar-refractivity contribution in [1.29, 1.82) is 0 Å². The predicted molar refractivity (Wildman–Crippen MR) is 83.6 cm³/mol. The van der Waals surface area contributed by atoms with Crippen LogP contribution in [0.3, 0.4) is 0 Å². The standard InChI is InChI=1S/C16H23N3/c1-5-8-18-14-10-15(16(2,3)4)19-13-7-6-11(17)9-12(13)14/h6-7,9-10H,5,8,17H2,1-4H3,(H,18,19).